The Bertz CT molecular complexity index is 683. The minimum absolute atomic E-state index is 0.125. The number of hydrogen-bond donors (Lipinski definition) is 0. The van der Waals surface area contributed by atoms with Crippen LogP contribution in [0.2, 0.25) is 0 Å². The number of aromatic nitrogens is 4. The fourth-order valence-electron chi connectivity index (χ4n) is 3.11. The average molecular weight is 314 g/mol. The quantitative estimate of drug-likeness (QED) is 0.843. The molecular weight excluding hydrogens is 292 g/mol. The lowest BCUT2D eigenvalue weighted by Gasteiger charge is -2.33. The van der Waals surface area contributed by atoms with Gasteiger partial charge in [0.15, 0.2) is 5.82 Å². The highest BCUT2D eigenvalue weighted by Crippen LogP contribution is 2.21. The number of nitrogens with zero attached hydrogens (tertiary/aromatic N) is 6. The molecule has 3 rings (SSSR count). The molecular formula is C16H22N6O. The minimum atomic E-state index is 0.125. The van der Waals surface area contributed by atoms with E-state index in [1.54, 1.807) is 12.4 Å². The van der Waals surface area contributed by atoms with Crippen LogP contribution in [0.25, 0.3) is 0 Å². The molecule has 1 atom stereocenters. The molecule has 23 heavy (non-hydrogen) atoms. The molecule has 1 unspecified atom stereocenters. The van der Waals surface area contributed by atoms with Crippen LogP contribution < -0.4 is 0 Å². The number of carbonyl (C=O) groups is 1. The lowest BCUT2D eigenvalue weighted by molar-refractivity contribution is -0.134. The molecule has 2 aromatic heterocycles. The molecule has 0 saturated carbocycles. The molecule has 0 N–H and O–H groups in total. The summed E-state index contributed by atoms with van der Waals surface area (Å²) in [5, 5.41) is 8.30. The van der Waals surface area contributed by atoms with E-state index in [1.165, 1.54) is 0 Å². The van der Waals surface area contributed by atoms with Crippen molar-refractivity contribution in [2.45, 2.75) is 33.0 Å². The van der Waals surface area contributed by atoms with Crippen molar-refractivity contribution in [3.63, 3.8) is 0 Å². The normalized spacial score (nSPS) is 17.4. The van der Waals surface area contributed by atoms with Crippen molar-refractivity contribution in [1.82, 2.24) is 29.5 Å². The minimum Gasteiger partial charge on any atom is -0.332 e. The lowest BCUT2D eigenvalue weighted by Crippen LogP contribution is -2.44. The monoisotopic (exact) mass is 314 g/mol. The zero-order chi connectivity index (χ0) is 16.4. The van der Waals surface area contributed by atoms with Crippen LogP contribution in [-0.4, -0.2) is 55.6 Å². The second-order valence-corrected chi connectivity index (χ2v) is 6.18. The highest BCUT2D eigenvalue weighted by Gasteiger charge is 2.28. The van der Waals surface area contributed by atoms with Gasteiger partial charge >= 0.3 is 0 Å². The van der Waals surface area contributed by atoms with Gasteiger partial charge in [-0.15, -0.1) is 10.2 Å². The van der Waals surface area contributed by atoms with Crippen molar-refractivity contribution in [3.8, 4) is 0 Å². The third-order valence-electron chi connectivity index (χ3n) is 4.15. The topological polar surface area (TPSA) is 67.2 Å². The highest BCUT2D eigenvalue weighted by atomic mass is 16.2. The first-order valence-corrected chi connectivity index (χ1v) is 7.80. The summed E-state index contributed by atoms with van der Waals surface area (Å²) in [5.74, 6) is 1.90. The molecule has 0 bridgehead atoms. The zero-order valence-corrected chi connectivity index (χ0v) is 13.8. The summed E-state index contributed by atoms with van der Waals surface area (Å²) in [6, 6.07) is 4.15. The largest absolute Gasteiger partial charge is 0.332 e. The molecule has 2 aromatic rings. The van der Waals surface area contributed by atoms with Gasteiger partial charge in [-0.25, -0.2) is 0 Å². The van der Waals surface area contributed by atoms with Gasteiger partial charge in [-0.3, -0.25) is 14.7 Å². The fourth-order valence-corrected chi connectivity index (χ4v) is 3.11. The van der Waals surface area contributed by atoms with Crippen LogP contribution in [0, 0.1) is 6.92 Å². The van der Waals surface area contributed by atoms with Crippen LogP contribution in [-0.2, 0) is 17.9 Å². The Labute approximate surface area is 135 Å². The number of amides is 1. The van der Waals surface area contributed by atoms with E-state index in [0.717, 1.165) is 23.8 Å². The number of carbonyl (C=O) groups excluding carboxylic acids is 1. The Balaban J connectivity index is 1.61. The summed E-state index contributed by atoms with van der Waals surface area (Å²) in [6.45, 7) is 6.41. The van der Waals surface area contributed by atoms with Gasteiger partial charge in [0.05, 0.1) is 19.1 Å². The van der Waals surface area contributed by atoms with Gasteiger partial charge in [0.1, 0.15) is 5.82 Å². The smallest absolute Gasteiger partial charge is 0.237 e. The Morgan fingerprint density at radius 1 is 1.35 bits per heavy atom. The van der Waals surface area contributed by atoms with Crippen molar-refractivity contribution in [3.05, 3.63) is 41.7 Å². The number of pyridine rings is 1. The maximum Gasteiger partial charge on any atom is 0.237 e. The van der Waals surface area contributed by atoms with E-state index in [4.69, 9.17) is 0 Å². The van der Waals surface area contributed by atoms with Gasteiger partial charge in [0.2, 0.25) is 5.91 Å². The molecule has 0 saturated heterocycles. The summed E-state index contributed by atoms with van der Waals surface area (Å²) in [4.78, 5) is 20.5. The third-order valence-corrected chi connectivity index (χ3v) is 4.15. The molecule has 122 valence electrons. The van der Waals surface area contributed by atoms with E-state index in [0.29, 0.717) is 19.6 Å². The lowest BCUT2D eigenvalue weighted by atomic mass is 10.2. The molecule has 7 heteroatoms. The first-order chi connectivity index (χ1) is 11.0. The summed E-state index contributed by atoms with van der Waals surface area (Å²) < 4.78 is 2.12. The van der Waals surface area contributed by atoms with Crippen LogP contribution in [0.3, 0.4) is 0 Å². The predicted molar refractivity (Wildman–Crippen MR) is 85.5 cm³/mol. The molecule has 3 heterocycles. The first-order valence-electron chi connectivity index (χ1n) is 7.80. The summed E-state index contributed by atoms with van der Waals surface area (Å²) >= 11 is 0. The number of hydrogen-bond acceptors (Lipinski definition) is 5. The Morgan fingerprint density at radius 3 is 2.83 bits per heavy atom. The third kappa shape index (κ3) is 3.39. The summed E-state index contributed by atoms with van der Waals surface area (Å²) in [7, 11) is 1.96. The van der Waals surface area contributed by atoms with E-state index >= 15 is 0 Å². The molecule has 1 aliphatic heterocycles. The first kappa shape index (κ1) is 15.6. The zero-order valence-electron chi connectivity index (χ0n) is 13.8. The fraction of sp³-hybridized carbons (Fsp3) is 0.500. The molecule has 7 nitrogen and oxygen atoms in total. The Morgan fingerprint density at radius 2 is 2.09 bits per heavy atom. The second kappa shape index (κ2) is 6.45. The highest BCUT2D eigenvalue weighted by molar-refractivity contribution is 5.78. The summed E-state index contributed by atoms with van der Waals surface area (Å²) in [5.41, 5.74) is 1.15. The van der Waals surface area contributed by atoms with Gasteiger partial charge < -0.3 is 9.47 Å². The number of fused-ring (bicyclic) bond motifs is 1. The number of likely N-dealkylation sites (N-methyl/N-ethyl adjacent to an activating group) is 1. The van der Waals surface area contributed by atoms with Crippen LogP contribution >= 0.6 is 0 Å². The average Bonchev–Trinajstić information content (AvgIpc) is 2.90. The van der Waals surface area contributed by atoms with Crippen LogP contribution in [0.4, 0.5) is 0 Å². The van der Waals surface area contributed by atoms with Crippen LogP contribution in [0.1, 0.15) is 30.2 Å². The van der Waals surface area contributed by atoms with Gasteiger partial charge in [0.25, 0.3) is 0 Å². The number of rotatable bonds is 4. The maximum absolute atomic E-state index is 12.6. The van der Waals surface area contributed by atoms with E-state index in [1.807, 2.05) is 35.9 Å². The summed E-state index contributed by atoms with van der Waals surface area (Å²) in [6.07, 6.45) is 3.54. The van der Waals surface area contributed by atoms with Crippen LogP contribution in [0.5, 0.6) is 0 Å². The SMILES string of the molecule is Cc1nnc2n1C(C)CN(C(=O)CN(C)Cc1ccncc1)C2. The second-order valence-electron chi connectivity index (χ2n) is 6.18. The van der Waals surface area contributed by atoms with Crippen LogP contribution in [0.15, 0.2) is 24.5 Å². The van der Waals surface area contributed by atoms with Crippen molar-refractivity contribution in [1.29, 1.82) is 0 Å². The molecule has 1 amide bonds. The standard InChI is InChI=1S/C16H22N6O/c1-12-8-21(10-15-19-18-13(2)22(12)15)16(23)11-20(3)9-14-4-6-17-7-5-14/h4-7,12H,8-11H2,1-3H3. The maximum atomic E-state index is 12.6. The van der Waals surface area contributed by atoms with Gasteiger partial charge in [0, 0.05) is 25.5 Å². The van der Waals surface area contributed by atoms with Crippen molar-refractivity contribution < 1.29 is 4.79 Å². The molecule has 0 aliphatic carbocycles. The van der Waals surface area contributed by atoms with Gasteiger partial charge in [-0.2, -0.15) is 0 Å². The Hall–Kier alpha value is -2.28. The van der Waals surface area contributed by atoms with Gasteiger partial charge in [-0.1, -0.05) is 0 Å². The van der Waals surface area contributed by atoms with E-state index in [2.05, 4.69) is 26.7 Å². The van der Waals surface area contributed by atoms with Crippen molar-refractivity contribution >= 4 is 5.91 Å². The molecule has 0 radical (unpaired) electrons. The molecule has 0 fully saturated rings. The van der Waals surface area contributed by atoms with E-state index in [-0.39, 0.29) is 11.9 Å². The number of aryl methyl sites for hydroxylation is 1. The molecule has 0 spiro atoms. The predicted octanol–water partition coefficient (Wildman–Crippen LogP) is 1.02. The Kier molecular flexibility index (Phi) is 4.38. The molecule has 0 aromatic carbocycles. The van der Waals surface area contributed by atoms with E-state index in [9.17, 15) is 4.79 Å². The van der Waals surface area contributed by atoms with E-state index < -0.39 is 0 Å². The van der Waals surface area contributed by atoms with Crippen molar-refractivity contribution in [2.24, 2.45) is 0 Å². The van der Waals surface area contributed by atoms with Crippen molar-refractivity contribution in [2.75, 3.05) is 20.1 Å². The van der Waals surface area contributed by atoms with Gasteiger partial charge in [-0.05, 0) is 38.6 Å². The molecule has 1 aliphatic rings.